The van der Waals surface area contributed by atoms with Gasteiger partial charge in [0.2, 0.25) is 0 Å². The zero-order valence-electron chi connectivity index (χ0n) is 21.7. The Bertz CT molecular complexity index is 1420. The number of ketones is 2. The van der Waals surface area contributed by atoms with Crippen molar-refractivity contribution in [3.05, 3.63) is 64.2 Å². The van der Waals surface area contributed by atoms with Crippen LogP contribution >= 0.6 is 0 Å². The molecule has 4 rings (SSSR count). The number of aryl methyl sites for hydroxylation is 1. The largest absolute Gasteiger partial charge is 0.371 e. The molecule has 1 heterocycles. The standard InChI is InChI=1S/C28H34O7S2/c1-17(2)35-23-13-14-36(31,32)28-18(3)15-21(19(4)25(23)28)27(30)26-22(29)11-8-12-24(26)37(33,34)16-20-9-6-5-7-10-20/h5-7,9-10,15,17,23-24,26H,8,11-14,16H2,1-4H3. The summed E-state index contributed by atoms with van der Waals surface area (Å²) in [6.45, 7) is 7.03. The molecule has 0 aromatic heterocycles. The summed E-state index contributed by atoms with van der Waals surface area (Å²) in [6, 6.07) is 10.2. The van der Waals surface area contributed by atoms with E-state index in [1.165, 1.54) is 6.07 Å². The lowest BCUT2D eigenvalue weighted by Gasteiger charge is -2.33. The van der Waals surface area contributed by atoms with Gasteiger partial charge in [-0.15, -0.1) is 0 Å². The summed E-state index contributed by atoms with van der Waals surface area (Å²) in [5.74, 6) is -2.55. The third-order valence-electron chi connectivity index (χ3n) is 7.34. The summed E-state index contributed by atoms with van der Waals surface area (Å²) in [4.78, 5) is 27.3. The second-order valence-corrected chi connectivity index (χ2v) is 14.7. The Morgan fingerprint density at radius 3 is 2.43 bits per heavy atom. The van der Waals surface area contributed by atoms with Crippen LogP contribution in [0.3, 0.4) is 0 Å². The van der Waals surface area contributed by atoms with Crippen molar-refractivity contribution in [2.24, 2.45) is 5.92 Å². The van der Waals surface area contributed by atoms with Crippen LogP contribution in [-0.2, 0) is 35.0 Å². The van der Waals surface area contributed by atoms with Crippen LogP contribution in [0.2, 0.25) is 0 Å². The Kier molecular flexibility index (Phi) is 7.79. The molecular formula is C28H34O7S2. The van der Waals surface area contributed by atoms with Crippen molar-refractivity contribution < 1.29 is 31.2 Å². The van der Waals surface area contributed by atoms with Gasteiger partial charge in [-0.3, -0.25) is 9.59 Å². The lowest BCUT2D eigenvalue weighted by molar-refractivity contribution is -0.122. The smallest absolute Gasteiger partial charge is 0.179 e. The molecule has 0 bridgehead atoms. The van der Waals surface area contributed by atoms with E-state index in [0.29, 0.717) is 28.7 Å². The molecule has 200 valence electrons. The van der Waals surface area contributed by atoms with Crippen LogP contribution in [0, 0.1) is 19.8 Å². The topological polar surface area (TPSA) is 112 Å². The van der Waals surface area contributed by atoms with Crippen LogP contribution in [0.25, 0.3) is 0 Å². The average Bonchev–Trinajstić information content (AvgIpc) is 2.82. The van der Waals surface area contributed by atoms with Gasteiger partial charge in [0, 0.05) is 17.5 Å². The molecule has 2 aromatic carbocycles. The molecule has 0 spiro atoms. The minimum atomic E-state index is -3.82. The van der Waals surface area contributed by atoms with Crippen molar-refractivity contribution >= 4 is 31.2 Å². The van der Waals surface area contributed by atoms with Gasteiger partial charge < -0.3 is 4.74 Å². The molecule has 0 radical (unpaired) electrons. The zero-order valence-corrected chi connectivity index (χ0v) is 23.3. The van der Waals surface area contributed by atoms with E-state index in [-0.39, 0.29) is 53.1 Å². The normalized spacial score (nSPS) is 23.6. The predicted molar refractivity (Wildman–Crippen MR) is 141 cm³/mol. The summed E-state index contributed by atoms with van der Waals surface area (Å²) in [6.07, 6.45) is 0.376. The maximum absolute atomic E-state index is 14.0. The number of carbonyl (C=O) groups excluding carboxylic acids is 2. The first-order valence-electron chi connectivity index (χ1n) is 12.7. The summed E-state index contributed by atoms with van der Waals surface area (Å²) in [5, 5.41) is -1.12. The molecule has 1 saturated carbocycles. The van der Waals surface area contributed by atoms with Crippen LogP contribution in [-0.4, -0.2) is 45.5 Å². The van der Waals surface area contributed by atoms with Crippen molar-refractivity contribution in [3.8, 4) is 0 Å². The van der Waals surface area contributed by atoms with Gasteiger partial charge in [-0.1, -0.05) is 30.3 Å². The van der Waals surface area contributed by atoms with E-state index in [0.717, 1.165) is 0 Å². The number of ether oxygens (including phenoxy) is 1. The predicted octanol–water partition coefficient (Wildman–Crippen LogP) is 4.48. The van der Waals surface area contributed by atoms with E-state index in [1.54, 1.807) is 44.2 Å². The van der Waals surface area contributed by atoms with Gasteiger partial charge in [-0.05, 0) is 69.7 Å². The van der Waals surface area contributed by atoms with Crippen LogP contribution in [0.1, 0.15) is 78.2 Å². The van der Waals surface area contributed by atoms with Gasteiger partial charge in [0.1, 0.15) is 5.78 Å². The van der Waals surface area contributed by atoms with Crippen molar-refractivity contribution in [3.63, 3.8) is 0 Å². The Hall–Kier alpha value is -2.36. The second-order valence-electron chi connectivity index (χ2n) is 10.4. The minimum Gasteiger partial charge on any atom is -0.371 e. The summed E-state index contributed by atoms with van der Waals surface area (Å²) < 4.78 is 59.0. The lowest BCUT2D eigenvalue weighted by Crippen LogP contribution is -2.44. The van der Waals surface area contributed by atoms with E-state index in [2.05, 4.69) is 0 Å². The molecule has 1 aliphatic heterocycles. The molecule has 37 heavy (non-hydrogen) atoms. The van der Waals surface area contributed by atoms with E-state index >= 15 is 0 Å². The molecule has 1 aliphatic carbocycles. The molecule has 3 unspecified atom stereocenters. The monoisotopic (exact) mass is 546 g/mol. The van der Waals surface area contributed by atoms with Crippen molar-refractivity contribution in [2.75, 3.05) is 5.75 Å². The fraction of sp³-hybridized carbons (Fsp3) is 0.500. The number of sulfone groups is 2. The fourth-order valence-corrected chi connectivity index (χ4v) is 9.72. The molecule has 1 fully saturated rings. The molecule has 0 N–H and O–H groups in total. The van der Waals surface area contributed by atoms with Gasteiger partial charge in [0.25, 0.3) is 0 Å². The van der Waals surface area contributed by atoms with Crippen molar-refractivity contribution in [2.45, 2.75) is 81.5 Å². The third-order valence-corrected chi connectivity index (χ3v) is 11.4. The number of benzene rings is 2. The molecule has 9 heteroatoms. The van der Waals surface area contributed by atoms with Gasteiger partial charge in [0.05, 0.1) is 39.8 Å². The van der Waals surface area contributed by atoms with Gasteiger partial charge in [0.15, 0.2) is 25.5 Å². The SMILES string of the molecule is Cc1cc(C(=O)C2C(=O)CCCC2S(=O)(=O)Cc2ccccc2)c(C)c2c1S(=O)(=O)CCC2OC(C)C. The minimum absolute atomic E-state index is 0.0497. The summed E-state index contributed by atoms with van der Waals surface area (Å²) in [5.41, 5.74) is 2.11. The number of hydrogen-bond donors (Lipinski definition) is 0. The average molecular weight is 547 g/mol. The highest BCUT2D eigenvalue weighted by atomic mass is 32.2. The Morgan fingerprint density at radius 1 is 1.11 bits per heavy atom. The zero-order chi connectivity index (χ0) is 27.1. The summed E-state index contributed by atoms with van der Waals surface area (Å²) >= 11 is 0. The highest BCUT2D eigenvalue weighted by molar-refractivity contribution is 7.91. The molecule has 0 saturated heterocycles. The fourth-order valence-electron chi connectivity index (χ4n) is 5.74. The van der Waals surface area contributed by atoms with Crippen LogP contribution in [0.15, 0.2) is 41.3 Å². The van der Waals surface area contributed by atoms with E-state index in [9.17, 15) is 26.4 Å². The number of hydrogen-bond acceptors (Lipinski definition) is 7. The first kappa shape index (κ1) is 27.7. The molecule has 0 amide bonds. The maximum atomic E-state index is 14.0. The Balaban J connectivity index is 1.80. The Labute approximate surface area is 219 Å². The number of fused-ring (bicyclic) bond motifs is 1. The number of Topliss-reactive ketones (excluding diaryl/α,β-unsaturated/α-hetero) is 2. The van der Waals surface area contributed by atoms with Crippen LogP contribution < -0.4 is 0 Å². The molecule has 7 nitrogen and oxygen atoms in total. The highest BCUT2D eigenvalue weighted by Gasteiger charge is 2.46. The first-order valence-corrected chi connectivity index (χ1v) is 16.0. The van der Waals surface area contributed by atoms with Gasteiger partial charge in [-0.2, -0.15) is 0 Å². The van der Waals surface area contributed by atoms with Gasteiger partial charge in [-0.25, -0.2) is 16.8 Å². The molecule has 2 aliphatic rings. The van der Waals surface area contributed by atoms with Gasteiger partial charge >= 0.3 is 0 Å². The molecule has 3 atom stereocenters. The summed E-state index contributed by atoms with van der Waals surface area (Å²) in [7, 11) is -7.38. The quantitative estimate of drug-likeness (QED) is 0.372. The Morgan fingerprint density at radius 2 is 1.78 bits per heavy atom. The second kappa shape index (κ2) is 10.4. The van der Waals surface area contributed by atoms with Crippen LogP contribution in [0.5, 0.6) is 0 Å². The molecular weight excluding hydrogens is 512 g/mol. The molecule has 2 aromatic rings. The first-order chi connectivity index (χ1) is 17.3. The third kappa shape index (κ3) is 5.45. The maximum Gasteiger partial charge on any atom is 0.179 e. The van der Waals surface area contributed by atoms with Crippen molar-refractivity contribution in [1.29, 1.82) is 0 Å². The highest BCUT2D eigenvalue weighted by Crippen LogP contribution is 2.42. The van der Waals surface area contributed by atoms with Crippen molar-refractivity contribution in [1.82, 2.24) is 0 Å². The number of rotatable bonds is 7. The van der Waals surface area contributed by atoms with E-state index in [4.69, 9.17) is 4.74 Å². The van der Waals surface area contributed by atoms with E-state index in [1.807, 2.05) is 13.8 Å². The van der Waals surface area contributed by atoms with Crippen LogP contribution in [0.4, 0.5) is 0 Å². The lowest BCUT2D eigenvalue weighted by atomic mass is 9.80. The van der Waals surface area contributed by atoms with E-state index < -0.39 is 42.7 Å². The number of carbonyl (C=O) groups is 2.